The first kappa shape index (κ1) is 15.1. The predicted octanol–water partition coefficient (Wildman–Crippen LogP) is 3.31. The van der Waals surface area contributed by atoms with Crippen molar-refractivity contribution in [2.75, 3.05) is 14.2 Å². The smallest absolute Gasteiger partial charge is 0.526 e. The fraction of sp³-hybridized carbons (Fsp3) is 0.250. The van der Waals surface area contributed by atoms with Crippen LogP contribution in [-0.4, -0.2) is 21.9 Å². The molecule has 2 rings (SSSR count). The van der Waals surface area contributed by atoms with E-state index in [4.69, 9.17) is 18.8 Å². The van der Waals surface area contributed by atoms with E-state index in [-0.39, 0.29) is 0 Å². The van der Waals surface area contributed by atoms with Gasteiger partial charge in [-0.3, -0.25) is 0 Å². The van der Waals surface area contributed by atoms with Gasteiger partial charge in [-0.15, -0.1) is 0 Å². The molecule has 0 aliphatic heterocycles. The normalized spacial score (nSPS) is 9.90. The van der Waals surface area contributed by atoms with Crippen molar-refractivity contribution in [1.82, 2.24) is 0 Å². The maximum absolute atomic E-state index is 5.52. The Balaban J connectivity index is 1.95. The molecule has 0 aliphatic rings. The molecule has 0 fully saturated rings. The van der Waals surface area contributed by atoms with Gasteiger partial charge < -0.3 is 18.8 Å². The second-order valence-electron chi connectivity index (χ2n) is 4.59. The summed E-state index contributed by atoms with van der Waals surface area (Å²) in [5, 5.41) is 0. The van der Waals surface area contributed by atoms with Gasteiger partial charge in [0.15, 0.2) is 0 Å². The topological polar surface area (TPSA) is 36.9 Å². The van der Waals surface area contributed by atoms with E-state index in [1.165, 1.54) is 7.69 Å². The predicted molar refractivity (Wildman–Crippen MR) is 82.5 cm³/mol. The fourth-order valence-electron chi connectivity index (χ4n) is 1.89. The van der Waals surface area contributed by atoms with Crippen LogP contribution in [0.5, 0.6) is 23.0 Å². The lowest BCUT2D eigenvalue weighted by Gasteiger charge is -2.12. The third-order valence-electron chi connectivity index (χ3n) is 3.11. The second-order valence-corrected chi connectivity index (χ2v) is 4.59. The van der Waals surface area contributed by atoms with Crippen molar-refractivity contribution < 1.29 is 18.8 Å². The van der Waals surface area contributed by atoms with Gasteiger partial charge in [-0.2, -0.15) is 0 Å². The van der Waals surface area contributed by atoms with Crippen molar-refractivity contribution in [3.05, 3.63) is 47.5 Å². The summed E-state index contributed by atoms with van der Waals surface area (Å²) < 4.78 is 21.3. The second kappa shape index (κ2) is 6.93. The van der Waals surface area contributed by atoms with Gasteiger partial charge in [0, 0.05) is 0 Å². The Labute approximate surface area is 125 Å². The van der Waals surface area contributed by atoms with Crippen LogP contribution in [0.25, 0.3) is 0 Å². The van der Waals surface area contributed by atoms with Gasteiger partial charge in [0.05, 0.1) is 14.2 Å². The molecule has 0 saturated carbocycles. The molecule has 2 aromatic rings. The Hall–Kier alpha value is -2.30. The highest BCUT2D eigenvalue weighted by Crippen LogP contribution is 2.25. The number of hydrogen-bond donors (Lipinski definition) is 0. The molecule has 21 heavy (non-hydrogen) atoms. The van der Waals surface area contributed by atoms with Crippen LogP contribution in [0.2, 0.25) is 0 Å². The maximum atomic E-state index is 5.52. The number of rotatable bonds is 6. The minimum absolute atomic E-state index is 0.724. The number of benzene rings is 2. The van der Waals surface area contributed by atoms with Crippen LogP contribution < -0.4 is 18.8 Å². The van der Waals surface area contributed by atoms with Crippen molar-refractivity contribution in [1.29, 1.82) is 0 Å². The molecule has 0 heterocycles. The summed E-state index contributed by atoms with van der Waals surface area (Å²) in [7, 11) is 4.59. The van der Waals surface area contributed by atoms with E-state index in [1.54, 1.807) is 14.2 Å². The van der Waals surface area contributed by atoms with E-state index in [0.717, 1.165) is 34.1 Å². The molecule has 5 heteroatoms. The van der Waals surface area contributed by atoms with Crippen molar-refractivity contribution in [2.45, 2.75) is 13.8 Å². The first-order valence-electron chi connectivity index (χ1n) is 6.58. The quantitative estimate of drug-likeness (QED) is 0.763. The lowest BCUT2D eigenvalue weighted by atomic mass is 10.2. The molecule has 4 nitrogen and oxygen atoms in total. The van der Waals surface area contributed by atoms with Gasteiger partial charge in [-0.1, -0.05) is 0 Å². The van der Waals surface area contributed by atoms with E-state index in [1.807, 2.05) is 50.2 Å². The van der Waals surface area contributed by atoms with Gasteiger partial charge in [-0.05, 0) is 61.4 Å². The summed E-state index contributed by atoms with van der Waals surface area (Å²) in [5.41, 5.74) is 1.95. The summed E-state index contributed by atoms with van der Waals surface area (Å²) in [6, 6.07) is 11.2. The Bertz CT molecular complexity index is 560. The molecule has 0 N–H and O–H groups in total. The zero-order valence-electron chi connectivity index (χ0n) is 12.7. The molecule has 0 saturated heterocycles. The maximum Gasteiger partial charge on any atom is 0.658 e. The van der Waals surface area contributed by atoms with Gasteiger partial charge in [-0.25, -0.2) is 0 Å². The molecule has 0 spiro atoms. The van der Waals surface area contributed by atoms with Crippen molar-refractivity contribution in [3.63, 3.8) is 0 Å². The lowest BCUT2D eigenvalue weighted by Crippen LogP contribution is -2.12. The van der Waals surface area contributed by atoms with Crippen LogP contribution in [0.15, 0.2) is 36.4 Å². The monoisotopic (exact) mass is 285 g/mol. The average Bonchev–Trinajstić information content (AvgIpc) is 2.50. The van der Waals surface area contributed by atoms with Crippen LogP contribution in [0.1, 0.15) is 11.1 Å². The summed E-state index contributed by atoms with van der Waals surface area (Å²) in [4.78, 5) is 0. The van der Waals surface area contributed by atoms with Crippen LogP contribution in [-0.2, 0) is 0 Å². The SMILES string of the molecule is COc1ccc(O[B]Oc2ccc(OC)cc2C)c(C)c1. The molecule has 0 aliphatic carbocycles. The zero-order valence-corrected chi connectivity index (χ0v) is 12.7. The summed E-state index contributed by atoms with van der Waals surface area (Å²) in [6.07, 6.45) is 0. The zero-order chi connectivity index (χ0) is 15.2. The standard InChI is InChI=1S/C16H18BO4/c1-11-9-13(18-3)5-7-15(11)20-17-21-16-8-6-14(19-4)10-12(16)2/h5-10H,1-4H3. The van der Waals surface area contributed by atoms with Gasteiger partial charge in [0.1, 0.15) is 23.0 Å². The summed E-state index contributed by atoms with van der Waals surface area (Å²) >= 11 is 0. The Morgan fingerprint density at radius 2 is 1.14 bits per heavy atom. The molecule has 2 aromatic carbocycles. The fourth-order valence-corrected chi connectivity index (χ4v) is 1.89. The Kier molecular flexibility index (Phi) is 4.98. The minimum atomic E-state index is 0.724. The highest BCUT2D eigenvalue weighted by molar-refractivity contribution is 6.20. The molecule has 1 radical (unpaired) electrons. The van der Waals surface area contributed by atoms with Crippen LogP contribution >= 0.6 is 0 Å². The summed E-state index contributed by atoms with van der Waals surface area (Å²) in [6.45, 7) is 3.90. The third-order valence-corrected chi connectivity index (χ3v) is 3.11. The highest BCUT2D eigenvalue weighted by atomic mass is 16.6. The molecule has 0 amide bonds. The first-order chi connectivity index (χ1) is 10.1. The molecule has 0 atom stereocenters. The van der Waals surface area contributed by atoms with Gasteiger partial charge in [0.2, 0.25) is 0 Å². The number of hydrogen-bond acceptors (Lipinski definition) is 4. The Morgan fingerprint density at radius 1 is 0.714 bits per heavy atom. The summed E-state index contributed by atoms with van der Waals surface area (Å²) in [5.74, 6) is 3.04. The number of methoxy groups -OCH3 is 2. The van der Waals surface area contributed by atoms with E-state index in [2.05, 4.69) is 0 Å². The number of aryl methyl sites for hydroxylation is 2. The van der Waals surface area contributed by atoms with E-state index in [9.17, 15) is 0 Å². The van der Waals surface area contributed by atoms with Crippen molar-refractivity contribution >= 4 is 7.69 Å². The van der Waals surface area contributed by atoms with E-state index < -0.39 is 0 Å². The molecule has 0 aromatic heterocycles. The number of ether oxygens (including phenoxy) is 2. The van der Waals surface area contributed by atoms with Crippen LogP contribution in [0, 0.1) is 13.8 Å². The van der Waals surface area contributed by atoms with Gasteiger partial charge in [0.25, 0.3) is 0 Å². The van der Waals surface area contributed by atoms with Crippen LogP contribution in [0.4, 0.5) is 0 Å². The third kappa shape index (κ3) is 3.84. The van der Waals surface area contributed by atoms with E-state index >= 15 is 0 Å². The Morgan fingerprint density at radius 3 is 1.48 bits per heavy atom. The highest BCUT2D eigenvalue weighted by Gasteiger charge is 2.07. The van der Waals surface area contributed by atoms with Crippen molar-refractivity contribution in [3.8, 4) is 23.0 Å². The first-order valence-corrected chi connectivity index (χ1v) is 6.58. The molecule has 0 bridgehead atoms. The molecular weight excluding hydrogens is 267 g/mol. The van der Waals surface area contributed by atoms with Gasteiger partial charge >= 0.3 is 7.69 Å². The molecule has 0 unspecified atom stereocenters. The average molecular weight is 285 g/mol. The minimum Gasteiger partial charge on any atom is -0.526 e. The van der Waals surface area contributed by atoms with Crippen LogP contribution in [0.3, 0.4) is 0 Å². The lowest BCUT2D eigenvalue weighted by molar-refractivity contribution is 0.410. The van der Waals surface area contributed by atoms with Crippen molar-refractivity contribution in [2.24, 2.45) is 0 Å². The van der Waals surface area contributed by atoms with E-state index in [0.29, 0.717) is 0 Å². The largest absolute Gasteiger partial charge is 0.658 e. The molecular formula is C16H18BO4. The molecule has 109 valence electrons.